The Balaban J connectivity index is 1.61. The van der Waals surface area contributed by atoms with Crippen LogP contribution >= 0.6 is 0 Å². The largest absolute Gasteiger partial charge is 0.497 e. The van der Waals surface area contributed by atoms with E-state index in [-0.39, 0.29) is 30.0 Å². The number of carbonyl (C=O) groups is 4. The number of fused-ring (bicyclic) bond motifs is 1. The van der Waals surface area contributed by atoms with Gasteiger partial charge in [0.1, 0.15) is 11.8 Å². The first kappa shape index (κ1) is 19.6. The van der Waals surface area contributed by atoms with Crippen LogP contribution in [0.25, 0.3) is 0 Å². The van der Waals surface area contributed by atoms with Gasteiger partial charge in [-0.3, -0.25) is 29.4 Å². The summed E-state index contributed by atoms with van der Waals surface area (Å²) >= 11 is 0. The molecule has 2 N–H and O–H groups in total. The molecule has 1 fully saturated rings. The lowest BCUT2D eigenvalue weighted by Gasteiger charge is -2.28. The van der Waals surface area contributed by atoms with Crippen LogP contribution in [0.2, 0.25) is 0 Å². The van der Waals surface area contributed by atoms with Gasteiger partial charge in [0, 0.05) is 18.2 Å². The van der Waals surface area contributed by atoms with Gasteiger partial charge in [0.05, 0.1) is 18.2 Å². The zero-order valence-corrected chi connectivity index (χ0v) is 16.6. The van der Waals surface area contributed by atoms with E-state index in [4.69, 9.17) is 4.74 Å². The molecule has 1 unspecified atom stereocenters. The molecule has 0 spiro atoms. The van der Waals surface area contributed by atoms with Crippen molar-refractivity contribution in [2.24, 2.45) is 0 Å². The number of hydrogen-bond acceptors (Lipinski definition) is 6. The number of nitrogens with zero attached hydrogens (tertiary/aromatic N) is 1. The molecular formula is C22H21N3O5. The maximum atomic E-state index is 13.1. The fraction of sp³-hybridized carbons (Fsp3) is 0.273. The molecule has 8 heteroatoms. The van der Waals surface area contributed by atoms with E-state index in [1.165, 1.54) is 0 Å². The number of methoxy groups -OCH3 is 1. The molecule has 0 saturated carbocycles. The van der Waals surface area contributed by atoms with Crippen molar-refractivity contribution in [3.05, 3.63) is 59.2 Å². The van der Waals surface area contributed by atoms with E-state index in [0.717, 1.165) is 16.2 Å². The minimum absolute atomic E-state index is 0.0867. The molecule has 30 heavy (non-hydrogen) atoms. The van der Waals surface area contributed by atoms with Crippen LogP contribution in [0.4, 0.5) is 5.69 Å². The minimum Gasteiger partial charge on any atom is -0.497 e. The third-order valence-electron chi connectivity index (χ3n) is 5.46. The summed E-state index contributed by atoms with van der Waals surface area (Å²) in [5, 5.41) is 5.50. The quantitative estimate of drug-likeness (QED) is 0.737. The van der Waals surface area contributed by atoms with Crippen LogP contribution in [0.5, 0.6) is 5.75 Å². The highest BCUT2D eigenvalue weighted by atomic mass is 16.5. The Morgan fingerprint density at radius 2 is 1.80 bits per heavy atom. The van der Waals surface area contributed by atoms with Crippen molar-refractivity contribution in [3.8, 4) is 5.75 Å². The highest BCUT2D eigenvalue weighted by Gasteiger charge is 2.45. The van der Waals surface area contributed by atoms with Crippen molar-refractivity contribution in [2.45, 2.75) is 31.8 Å². The molecule has 2 aliphatic heterocycles. The van der Waals surface area contributed by atoms with Crippen molar-refractivity contribution < 1.29 is 23.9 Å². The van der Waals surface area contributed by atoms with Crippen molar-refractivity contribution in [3.63, 3.8) is 0 Å². The number of imide groups is 2. The van der Waals surface area contributed by atoms with E-state index in [2.05, 4.69) is 10.6 Å². The van der Waals surface area contributed by atoms with E-state index in [0.29, 0.717) is 5.69 Å². The van der Waals surface area contributed by atoms with Gasteiger partial charge >= 0.3 is 0 Å². The molecule has 8 nitrogen and oxygen atoms in total. The van der Waals surface area contributed by atoms with E-state index in [9.17, 15) is 19.2 Å². The topological polar surface area (TPSA) is 105 Å². The normalized spacial score (nSPS) is 19.4. The van der Waals surface area contributed by atoms with Crippen molar-refractivity contribution in [1.82, 2.24) is 10.2 Å². The highest BCUT2D eigenvalue weighted by Crippen LogP contribution is 2.34. The van der Waals surface area contributed by atoms with Gasteiger partial charge in [-0.1, -0.05) is 18.2 Å². The summed E-state index contributed by atoms with van der Waals surface area (Å²) in [5.74, 6) is -1.34. The number of carbonyl (C=O) groups excluding carboxylic acids is 4. The number of benzene rings is 2. The van der Waals surface area contributed by atoms with Gasteiger partial charge in [0.15, 0.2) is 0 Å². The maximum Gasteiger partial charge on any atom is 0.264 e. The predicted octanol–water partition coefficient (Wildman–Crippen LogP) is 2.27. The Labute approximate surface area is 173 Å². The first-order valence-corrected chi connectivity index (χ1v) is 9.65. The predicted molar refractivity (Wildman–Crippen MR) is 108 cm³/mol. The first-order valence-electron chi connectivity index (χ1n) is 9.65. The molecule has 0 bridgehead atoms. The molecule has 154 valence electrons. The number of ether oxygens (including phenoxy) is 1. The summed E-state index contributed by atoms with van der Waals surface area (Å²) in [5.41, 5.74) is 1.99. The lowest BCUT2D eigenvalue weighted by Crippen LogP contribution is -2.54. The van der Waals surface area contributed by atoms with Crippen LogP contribution in [-0.2, 0) is 9.59 Å². The van der Waals surface area contributed by atoms with Gasteiger partial charge in [0.25, 0.3) is 11.8 Å². The fourth-order valence-corrected chi connectivity index (χ4v) is 3.84. The van der Waals surface area contributed by atoms with E-state index in [1.54, 1.807) is 25.3 Å². The molecule has 2 aromatic carbocycles. The Morgan fingerprint density at radius 3 is 2.47 bits per heavy atom. The smallest absolute Gasteiger partial charge is 0.264 e. The third kappa shape index (κ3) is 3.30. The molecule has 2 aromatic rings. The second-order valence-corrected chi connectivity index (χ2v) is 7.31. The second-order valence-electron chi connectivity index (χ2n) is 7.31. The Hall–Kier alpha value is -3.68. The zero-order chi connectivity index (χ0) is 21.4. The Morgan fingerprint density at radius 1 is 1.07 bits per heavy atom. The molecule has 0 radical (unpaired) electrons. The number of nitrogens with one attached hydrogen (secondary N) is 2. The highest BCUT2D eigenvalue weighted by molar-refractivity contribution is 6.25. The van der Waals surface area contributed by atoms with Gasteiger partial charge in [-0.25, -0.2) is 0 Å². The summed E-state index contributed by atoms with van der Waals surface area (Å²) in [4.78, 5) is 50.7. The maximum absolute atomic E-state index is 13.1. The SMILES string of the molecule is COc1ccc([C@H](C)Nc2cccc3c2C(=O)N(C2CCC(=O)NC2=O)C3=O)cc1. The van der Waals surface area contributed by atoms with Crippen molar-refractivity contribution >= 4 is 29.3 Å². The lowest BCUT2D eigenvalue weighted by molar-refractivity contribution is -0.136. The van der Waals surface area contributed by atoms with E-state index >= 15 is 0 Å². The molecular weight excluding hydrogens is 386 g/mol. The van der Waals surface area contributed by atoms with Crippen molar-refractivity contribution in [1.29, 1.82) is 0 Å². The van der Waals surface area contributed by atoms with Crippen LogP contribution in [0.1, 0.15) is 52.1 Å². The van der Waals surface area contributed by atoms with Crippen LogP contribution in [0.3, 0.4) is 0 Å². The molecule has 0 aliphatic carbocycles. The van der Waals surface area contributed by atoms with Gasteiger partial charge in [0.2, 0.25) is 11.8 Å². The molecule has 2 aliphatic rings. The molecule has 0 aromatic heterocycles. The zero-order valence-electron chi connectivity index (χ0n) is 16.6. The average molecular weight is 407 g/mol. The number of hydrogen-bond donors (Lipinski definition) is 2. The monoisotopic (exact) mass is 407 g/mol. The van der Waals surface area contributed by atoms with Crippen LogP contribution in [0, 0.1) is 0 Å². The number of anilines is 1. The van der Waals surface area contributed by atoms with Crippen molar-refractivity contribution in [2.75, 3.05) is 12.4 Å². The summed E-state index contributed by atoms with van der Waals surface area (Å²) in [6.45, 7) is 1.94. The van der Waals surface area contributed by atoms with Gasteiger partial charge < -0.3 is 10.1 Å². The van der Waals surface area contributed by atoms with Gasteiger partial charge in [-0.05, 0) is 43.2 Å². The number of piperidine rings is 1. The Bertz CT molecular complexity index is 1050. The summed E-state index contributed by atoms with van der Waals surface area (Å²) < 4.78 is 5.18. The van der Waals surface area contributed by atoms with Crippen LogP contribution < -0.4 is 15.4 Å². The van der Waals surface area contributed by atoms with E-state index < -0.39 is 29.7 Å². The first-order chi connectivity index (χ1) is 14.4. The van der Waals surface area contributed by atoms with E-state index in [1.807, 2.05) is 31.2 Å². The number of amides is 4. The van der Waals surface area contributed by atoms with Crippen LogP contribution in [-0.4, -0.2) is 41.7 Å². The second kappa shape index (κ2) is 7.62. The van der Waals surface area contributed by atoms with Crippen LogP contribution in [0.15, 0.2) is 42.5 Å². The van der Waals surface area contributed by atoms with Gasteiger partial charge in [-0.15, -0.1) is 0 Å². The fourth-order valence-electron chi connectivity index (χ4n) is 3.84. The summed E-state index contributed by atoms with van der Waals surface area (Å²) in [7, 11) is 1.60. The molecule has 2 atom stereocenters. The molecule has 4 rings (SSSR count). The summed E-state index contributed by atoms with van der Waals surface area (Å²) in [6.07, 6.45) is 0.213. The Kier molecular flexibility index (Phi) is 4.99. The average Bonchev–Trinajstić information content (AvgIpc) is 2.99. The molecule has 2 heterocycles. The molecule has 1 saturated heterocycles. The standard InChI is InChI=1S/C22H21N3O5/c1-12(13-6-8-14(30-2)9-7-13)23-16-5-3-4-15-19(16)22(29)25(21(15)28)17-10-11-18(26)24-20(17)27/h3-9,12,17,23H,10-11H2,1-2H3,(H,24,26,27)/t12-,17?/m0/s1. The third-order valence-corrected chi connectivity index (χ3v) is 5.46. The molecule has 4 amide bonds. The lowest BCUT2D eigenvalue weighted by atomic mass is 10.0. The number of rotatable bonds is 5. The minimum atomic E-state index is -0.984. The van der Waals surface area contributed by atoms with Gasteiger partial charge in [-0.2, -0.15) is 0 Å². The summed E-state index contributed by atoms with van der Waals surface area (Å²) in [6, 6.07) is 11.4.